The Kier molecular flexibility index (Phi) is 7.36. The fraction of sp³-hybridized carbons (Fsp3) is 0.308. The van der Waals surface area contributed by atoms with Gasteiger partial charge in [0.2, 0.25) is 5.91 Å². The summed E-state index contributed by atoms with van der Waals surface area (Å²) in [4.78, 5) is 47.3. The van der Waals surface area contributed by atoms with Crippen LogP contribution in [0.4, 0.5) is 5.13 Å². The molecule has 1 unspecified atom stereocenters. The van der Waals surface area contributed by atoms with Gasteiger partial charge in [-0.25, -0.2) is 4.98 Å². The van der Waals surface area contributed by atoms with Crippen LogP contribution in [0.2, 0.25) is 0 Å². The molecule has 37 heavy (non-hydrogen) atoms. The molecule has 2 aromatic heterocycles. The number of likely N-dealkylation sites (tertiary alicyclic amines) is 1. The number of benzene rings is 1. The number of aromatic nitrogens is 1. The number of nitrogens with zero attached hydrogens (tertiary/aromatic N) is 3. The van der Waals surface area contributed by atoms with E-state index in [-0.39, 0.29) is 29.8 Å². The lowest BCUT2D eigenvalue weighted by molar-refractivity contribution is -0.131. The molecule has 1 aromatic carbocycles. The maximum Gasteiger partial charge on any atom is 0.258 e. The number of ether oxygens (including phenoxy) is 1. The quantitative estimate of drug-likeness (QED) is 0.417. The van der Waals surface area contributed by atoms with Crippen molar-refractivity contribution in [1.82, 2.24) is 14.8 Å². The number of piperazine rings is 1. The summed E-state index contributed by atoms with van der Waals surface area (Å²) in [6, 6.07) is 5.54. The van der Waals surface area contributed by atoms with E-state index in [1.807, 2.05) is 34.2 Å². The molecule has 0 spiro atoms. The van der Waals surface area contributed by atoms with Gasteiger partial charge in [-0.2, -0.15) is 11.3 Å². The Bertz CT molecular complexity index is 1340. The third-order valence-corrected chi connectivity index (χ3v) is 9.48. The first-order chi connectivity index (χ1) is 17.9. The predicted octanol–water partition coefficient (Wildman–Crippen LogP) is 4.93. The van der Waals surface area contributed by atoms with Gasteiger partial charge in [-0.05, 0) is 55.0 Å². The molecule has 1 N–H and O–H groups in total. The zero-order valence-electron chi connectivity index (χ0n) is 20.4. The summed E-state index contributed by atoms with van der Waals surface area (Å²) >= 11 is 4.34. The van der Waals surface area contributed by atoms with Crippen LogP contribution in [-0.2, 0) is 4.79 Å². The maximum absolute atomic E-state index is 13.7. The molecule has 2 aliphatic heterocycles. The highest BCUT2D eigenvalue weighted by Crippen LogP contribution is 2.39. The van der Waals surface area contributed by atoms with E-state index in [0.717, 1.165) is 27.5 Å². The molecule has 192 valence electrons. The molecule has 3 aromatic rings. The standard InChI is InChI=1S/C26H26N4O4S3/c1-4-22(31)30-17-5-6-18(30)13-29(12-17)25(33)19-10-21(15(2)9-20(19)34-3)36-23-11-27-26(37-23)28-24(32)16-7-8-35-14-16/h4,7-11,14,17-18H,1,5-6,12-13H2,2-3H3,(H,27,28,32)/t17-,18?/m0/s1. The number of carbonyl (C=O) groups is 3. The molecule has 4 heterocycles. The topological polar surface area (TPSA) is 91.8 Å². The molecular weight excluding hydrogens is 529 g/mol. The highest BCUT2D eigenvalue weighted by atomic mass is 32.2. The molecule has 2 atom stereocenters. The summed E-state index contributed by atoms with van der Waals surface area (Å²) in [7, 11) is 1.56. The van der Waals surface area contributed by atoms with Crippen LogP contribution in [0.3, 0.4) is 0 Å². The summed E-state index contributed by atoms with van der Waals surface area (Å²) in [6.45, 7) is 6.59. The summed E-state index contributed by atoms with van der Waals surface area (Å²) in [5.41, 5.74) is 2.07. The van der Waals surface area contributed by atoms with Crippen LogP contribution in [0.1, 0.15) is 39.1 Å². The van der Waals surface area contributed by atoms with Crippen molar-refractivity contribution in [2.45, 2.75) is 41.0 Å². The summed E-state index contributed by atoms with van der Waals surface area (Å²) in [6.07, 6.45) is 4.85. The zero-order valence-corrected chi connectivity index (χ0v) is 22.9. The van der Waals surface area contributed by atoms with Crippen LogP contribution in [0, 0.1) is 6.92 Å². The average molecular weight is 555 g/mol. The van der Waals surface area contributed by atoms with Crippen molar-refractivity contribution in [3.63, 3.8) is 0 Å². The molecule has 3 amide bonds. The number of thiazole rings is 1. The number of anilines is 1. The van der Waals surface area contributed by atoms with Gasteiger partial charge < -0.3 is 14.5 Å². The van der Waals surface area contributed by atoms with E-state index in [0.29, 0.717) is 35.1 Å². The van der Waals surface area contributed by atoms with Crippen molar-refractivity contribution in [3.05, 3.63) is 64.5 Å². The SMILES string of the molecule is C=CC(=O)N1C2CC[C@H]1CN(C(=O)c1cc(Sc3cnc(NC(=O)c4ccsc4)s3)c(C)cc1OC)C2. The number of rotatable bonds is 7. The molecule has 0 saturated carbocycles. The second-order valence-corrected chi connectivity index (χ2v) is 12.1. The van der Waals surface area contributed by atoms with Crippen LogP contribution in [0.15, 0.2) is 56.9 Å². The maximum atomic E-state index is 13.7. The third kappa shape index (κ3) is 5.16. The van der Waals surface area contributed by atoms with Crippen LogP contribution in [-0.4, -0.2) is 64.8 Å². The molecule has 0 aliphatic carbocycles. The van der Waals surface area contributed by atoms with Gasteiger partial charge in [-0.3, -0.25) is 19.7 Å². The Hall–Kier alpha value is -3.15. The van der Waals surface area contributed by atoms with Gasteiger partial charge in [0, 0.05) is 23.4 Å². The Balaban J connectivity index is 1.33. The minimum atomic E-state index is -0.190. The molecule has 8 nitrogen and oxygen atoms in total. The first kappa shape index (κ1) is 25.5. The normalized spacial score (nSPS) is 18.5. The summed E-state index contributed by atoms with van der Waals surface area (Å²) < 4.78 is 6.47. The molecule has 2 saturated heterocycles. The highest BCUT2D eigenvalue weighted by molar-refractivity contribution is 8.01. The number of carbonyl (C=O) groups excluding carboxylic acids is 3. The number of aryl methyl sites for hydroxylation is 1. The van der Waals surface area contributed by atoms with Gasteiger partial charge in [-0.1, -0.05) is 29.7 Å². The van der Waals surface area contributed by atoms with E-state index < -0.39 is 0 Å². The monoisotopic (exact) mass is 554 g/mol. The van der Waals surface area contributed by atoms with Gasteiger partial charge >= 0.3 is 0 Å². The summed E-state index contributed by atoms with van der Waals surface area (Å²) in [5.74, 6) is 0.164. The molecule has 2 fully saturated rings. The molecule has 0 radical (unpaired) electrons. The number of fused-ring (bicyclic) bond motifs is 2. The average Bonchev–Trinajstić information content (AvgIpc) is 3.64. The molecule has 11 heteroatoms. The van der Waals surface area contributed by atoms with E-state index in [2.05, 4.69) is 16.9 Å². The highest BCUT2D eigenvalue weighted by Gasteiger charge is 2.43. The number of amides is 3. The molecule has 2 bridgehead atoms. The molecule has 5 rings (SSSR count). The van der Waals surface area contributed by atoms with Crippen LogP contribution in [0.5, 0.6) is 5.75 Å². The van der Waals surface area contributed by atoms with Crippen molar-refractivity contribution in [1.29, 1.82) is 0 Å². The van der Waals surface area contributed by atoms with E-state index in [9.17, 15) is 14.4 Å². The second-order valence-electron chi connectivity index (χ2n) is 8.92. The Labute approximate surface area is 227 Å². The molecule has 2 aliphatic rings. The van der Waals surface area contributed by atoms with E-state index >= 15 is 0 Å². The lowest BCUT2D eigenvalue weighted by Gasteiger charge is -2.40. The molecular formula is C26H26N4O4S3. The number of nitrogens with one attached hydrogen (secondary N) is 1. The second kappa shape index (κ2) is 10.7. The smallest absolute Gasteiger partial charge is 0.258 e. The van der Waals surface area contributed by atoms with Gasteiger partial charge in [0.25, 0.3) is 11.8 Å². The number of hydrogen-bond acceptors (Lipinski definition) is 8. The minimum Gasteiger partial charge on any atom is -0.496 e. The van der Waals surface area contributed by atoms with Crippen LogP contribution < -0.4 is 10.1 Å². The van der Waals surface area contributed by atoms with E-state index in [1.165, 1.54) is 40.5 Å². The van der Waals surface area contributed by atoms with Crippen molar-refractivity contribution in [2.75, 3.05) is 25.5 Å². The zero-order chi connectivity index (χ0) is 26.1. The Morgan fingerprint density at radius 1 is 1.24 bits per heavy atom. The number of hydrogen-bond donors (Lipinski definition) is 1. The fourth-order valence-electron chi connectivity index (χ4n) is 4.85. The predicted molar refractivity (Wildman–Crippen MR) is 146 cm³/mol. The van der Waals surface area contributed by atoms with Crippen LogP contribution >= 0.6 is 34.4 Å². The van der Waals surface area contributed by atoms with E-state index in [4.69, 9.17) is 4.74 Å². The first-order valence-electron chi connectivity index (χ1n) is 11.8. The minimum absolute atomic E-state index is 0.0124. The van der Waals surface area contributed by atoms with Crippen molar-refractivity contribution in [2.24, 2.45) is 0 Å². The van der Waals surface area contributed by atoms with Gasteiger partial charge in [0.15, 0.2) is 5.13 Å². The van der Waals surface area contributed by atoms with E-state index in [1.54, 1.807) is 24.8 Å². The van der Waals surface area contributed by atoms with Crippen molar-refractivity contribution >= 4 is 57.3 Å². The van der Waals surface area contributed by atoms with Gasteiger partial charge in [-0.15, -0.1) is 0 Å². The van der Waals surface area contributed by atoms with Crippen molar-refractivity contribution < 1.29 is 19.1 Å². The van der Waals surface area contributed by atoms with Crippen LogP contribution in [0.25, 0.3) is 0 Å². The Morgan fingerprint density at radius 3 is 2.65 bits per heavy atom. The fourth-order valence-corrected chi connectivity index (χ4v) is 7.42. The third-order valence-electron chi connectivity index (χ3n) is 6.62. The Morgan fingerprint density at radius 2 is 2.00 bits per heavy atom. The summed E-state index contributed by atoms with van der Waals surface area (Å²) in [5, 5.41) is 7.00. The van der Waals surface area contributed by atoms with Gasteiger partial charge in [0.05, 0.1) is 40.7 Å². The largest absolute Gasteiger partial charge is 0.496 e. The lowest BCUT2D eigenvalue weighted by atomic mass is 10.1. The van der Waals surface area contributed by atoms with Gasteiger partial charge in [0.1, 0.15) is 5.75 Å². The lowest BCUT2D eigenvalue weighted by Crippen LogP contribution is -2.56. The first-order valence-corrected chi connectivity index (χ1v) is 14.4. The number of thiophene rings is 1. The van der Waals surface area contributed by atoms with Crippen molar-refractivity contribution in [3.8, 4) is 5.75 Å². The number of methoxy groups -OCH3 is 1.